The molecule has 94 valence electrons. The van der Waals surface area contributed by atoms with Crippen molar-refractivity contribution in [3.05, 3.63) is 35.1 Å². The molecule has 0 unspecified atom stereocenters. The lowest BCUT2D eigenvalue weighted by molar-refractivity contribution is -0.140. The molecule has 0 aromatic heterocycles. The maximum Gasteiger partial charge on any atom is 0.419 e. The van der Waals surface area contributed by atoms with Crippen molar-refractivity contribution < 1.29 is 17.6 Å². The molecule has 0 bridgehead atoms. The summed E-state index contributed by atoms with van der Waals surface area (Å²) in [5, 5.41) is 3.01. The van der Waals surface area contributed by atoms with Crippen molar-refractivity contribution in [1.82, 2.24) is 5.32 Å². The van der Waals surface area contributed by atoms with Crippen LogP contribution < -0.4 is 5.32 Å². The number of halogens is 4. The third-order valence-corrected chi connectivity index (χ3v) is 3.02. The van der Waals surface area contributed by atoms with Gasteiger partial charge in [-0.25, -0.2) is 4.39 Å². The average molecular weight is 247 g/mol. The molecule has 1 N–H and O–H groups in total. The average Bonchev–Trinajstić information content (AvgIpc) is 2.28. The van der Waals surface area contributed by atoms with Gasteiger partial charge in [0.05, 0.1) is 5.56 Å². The topological polar surface area (TPSA) is 12.0 Å². The third kappa shape index (κ3) is 2.60. The van der Waals surface area contributed by atoms with Crippen molar-refractivity contribution in [1.29, 1.82) is 0 Å². The summed E-state index contributed by atoms with van der Waals surface area (Å²) < 4.78 is 51.7. The largest absolute Gasteiger partial charge is 0.419 e. The second-order valence-corrected chi connectivity index (χ2v) is 4.20. The molecule has 1 atom stereocenters. The molecule has 0 radical (unpaired) electrons. The molecule has 1 aromatic rings. The van der Waals surface area contributed by atoms with Crippen molar-refractivity contribution in [2.45, 2.75) is 31.5 Å². The molecule has 1 aliphatic rings. The quantitative estimate of drug-likeness (QED) is 0.747. The minimum atomic E-state index is -4.64. The summed E-state index contributed by atoms with van der Waals surface area (Å²) in [6.45, 7) is 0.679. The van der Waals surface area contributed by atoms with Crippen LogP contribution >= 0.6 is 0 Å². The van der Waals surface area contributed by atoms with E-state index in [1.165, 1.54) is 12.1 Å². The van der Waals surface area contributed by atoms with E-state index in [9.17, 15) is 17.6 Å². The van der Waals surface area contributed by atoms with E-state index >= 15 is 0 Å². The van der Waals surface area contributed by atoms with Gasteiger partial charge in [-0.15, -0.1) is 0 Å². The monoisotopic (exact) mass is 247 g/mol. The second-order valence-electron chi connectivity index (χ2n) is 4.20. The lowest BCUT2D eigenvalue weighted by atomic mass is 9.93. The minimum Gasteiger partial charge on any atom is -0.310 e. The third-order valence-electron chi connectivity index (χ3n) is 3.02. The first-order chi connectivity index (χ1) is 8.00. The minimum absolute atomic E-state index is 0.0252. The number of nitrogens with one attached hydrogen (secondary N) is 1. The van der Waals surface area contributed by atoms with Gasteiger partial charge < -0.3 is 5.32 Å². The van der Waals surface area contributed by atoms with E-state index < -0.39 is 23.6 Å². The molecule has 1 aromatic carbocycles. The van der Waals surface area contributed by atoms with Crippen molar-refractivity contribution in [2.75, 3.05) is 6.54 Å². The van der Waals surface area contributed by atoms with Crippen molar-refractivity contribution in [3.8, 4) is 0 Å². The van der Waals surface area contributed by atoms with Crippen LogP contribution in [0.1, 0.15) is 36.4 Å². The molecule has 5 heteroatoms. The van der Waals surface area contributed by atoms with Crippen LogP contribution in [0.15, 0.2) is 18.2 Å². The Hall–Kier alpha value is -1.10. The fourth-order valence-electron chi connectivity index (χ4n) is 2.25. The lowest BCUT2D eigenvalue weighted by Gasteiger charge is -2.26. The lowest BCUT2D eigenvalue weighted by Crippen LogP contribution is -2.29. The van der Waals surface area contributed by atoms with E-state index in [-0.39, 0.29) is 5.56 Å². The molecule has 1 saturated heterocycles. The molecule has 1 nitrogen and oxygen atoms in total. The van der Waals surface area contributed by atoms with Gasteiger partial charge in [-0.3, -0.25) is 0 Å². The number of hydrogen-bond donors (Lipinski definition) is 1. The van der Waals surface area contributed by atoms with Crippen LogP contribution in [0.2, 0.25) is 0 Å². The summed E-state index contributed by atoms with van der Waals surface area (Å²) in [6, 6.07) is 3.15. The fourth-order valence-corrected chi connectivity index (χ4v) is 2.25. The number of hydrogen-bond acceptors (Lipinski definition) is 1. The van der Waals surface area contributed by atoms with Crippen molar-refractivity contribution in [3.63, 3.8) is 0 Å². The highest BCUT2D eigenvalue weighted by Gasteiger charge is 2.38. The van der Waals surface area contributed by atoms with Gasteiger partial charge in [0.1, 0.15) is 5.82 Å². The Morgan fingerprint density at radius 1 is 1.18 bits per heavy atom. The van der Waals surface area contributed by atoms with Gasteiger partial charge in [0, 0.05) is 6.04 Å². The molecular weight excluding hydrogens is 234 g/mol. The van der Waals surface area contributed by atoms with Gasteiger partial charge in [0.15, 0.2) is 0 Å². The Morgan fingerprint density at radius 3 is 2.53 bits per heavy atom. The first kappa shape index (κ1) is 12.4. The van der Waals surface area contributed by atoms with Gasteiger partial charge in [0.2, 0.25) is 0 Å². The van der Waals surface area contributed by atoms with Crippen LogP contribution in [0, 0.1) is 5.82 Å². The summed E-state index contributed by atoms with van der Waals surface area (Å²) >= 11 is 0. The Balaban J connectivity index is 2.42. The molecule has 1 aliphatic heterocycles. The van der Waals surface area contributed by atoms with Crippen LogP contribution in [0.25, 0.3) is 0 Å². The zero-order valence-corrected chi connectivity index (χ0v) is 9.15. The molecule has 2 rings (SSSR count). The number of rotatable bonds is 1. The zero-order valence-electron chi connectivity index (χ0n) is 9.15. The summed E-state index contributed by atoms with van der Waals surface area (Å²) in [7, 11) is 0. The maximum atomic E-state index is 13.4. The predicted octanol–water partition coefficient (Wildman–Crippen LogP) is 3.66. The van der Waals surface area contributed by atoms with E-state index in [1.807, 2.05) is 0 Å². The van der Waals surface area contributed by atoms with E-state index in [1.54, 1.807) is 0 Å². The summed E-state index contributed by atoms with van der Waals surface area (Å²) in [5.41, 5.74) is -1.10. The van der Waals surface area contributed by atoms with Gasteiger partial charge in [-0.05, 0) is 31.0 Å². The van der Waals surface area contributed by atoms with Gasteiger partial charge in [0.25, 0.3) is 0 Å². The molecule has 1 heterocycles. The van der Waals surface area contributed by atoms with E-state index in [0.29, 0.717) is 13.0 Å². The van der Waals surface area contributed by atoms with Crippen LogP contribution in [-0.4, -0.2) is 6.54 Å². The Labute approximate surface area is 96.8 Å². The second kappa shape index (κ2) is 4.64. The number of benzene rings is 1. The number of alkyl halides is 3. The molecule has 0 saturated carbocycles. The molecular formula is C12H13F4N. The Kier molecular flexibility index (Phi) is 3.38. The molecule has 0 spiro atoms. The smallest absolute Gasteiger partial charge is 0.310 e. The van der Waals surface area contributed by atoms with Crippen LogP contribution in [0.4, 0.5) is 17.6 Å². The van der Waals surface area contributed by atoms with E-state index in [2.05, 4.69) is 5.32 Å². The maximum absolute atomic E-state index is 13.4. The first-order valence-corrected chi connectivity index (χ1v) is 5.59. The van der Waals surface area contributed by atoms with Crippen LogP contribution in [-0.2, 0) is 6.18 Å². The van der Waals surface area contributed by atoms with Gasteiger partial charge >= 0.3 is 6.18 Å². The number of piperidine rings is 1. The fraction of sp³-hybridized carbons (Fsp3) is 0.500. The molecule has 17 heavy (non-hydrogen) atoms. The summed E-state index contributed by atoms with van der Waals surface area (Å²) in [6.07, 6.45) is -2.20. The highest BCUT2D eigenvalue weighted by molar-refractivity contribution is 5.34. The molecule has 1 fully saturated rings. The van der Waals surface area contributed by atoms with Gasteiger partial charge in [-0.1, -0.05) is 18.6 Å². The SMILES string of the molecule is Fc1cccc([C@@H]2CCCCN2)c1C(F)(F)F. The Bertz CT molecular complexity index is 394. The first-order valence-electron chi connectivity index (χ1n) is 5.59. The standard InChI is InChI=1S/C12H13F4N/c13-9-5-3-4-8(11(9)12(14,15)16)10-6-1-2-7-17-10/h3-5,10,17H,1-2,6-7H2/t10-/m0/s1. The molecule has 0 amide bonds. The van der Waals surface area contributed by atoms with E-state index in [0.717, 1.165) is 18.9 Å². The van der Waals surface area contributed by atoms with Crippen LogP contribution in [0.5, 0.6) is 0 Å². The molecule has 0 aliphatic carbocycles. The van der Waals surface area contributed by atoms with Gasteiger partial charge in [-0.2, -0.15) is 13.2 Å². The zero-order chi connectivity index (χ0) is 12.5. The summed E-state index contributed by atoms with van der Waals surface area (Å²) in [5.74, 6) is -1.19. The van der Waals surface area contributed by atoms with Crippen molar-refractivity contribution >= 4 is 0 Å². The van der Waals surface area contributed by atoms with E-state index in [4.69, 9.17) is 0 Å². The highest BCUT2D eigenvalue weighted by Crippen LogP contribution is 2.38. The van der Waals surface area contributed by atoms with Crippen LogP contribution in [0.3, 0.4) is 0 Å². The highest BCUT2D eigenvalue weighted by atomic mass is 19.4. The predicted molar refractivity (Wildman–Crippen MR) is 56.0 cm³/mol. The summed E-state index contributed by atoms with van der Waals surface area (Å²) in [4.78, 5) is 0. The normalized spacial score (nSPS) is 21.5. The van der Waals surface area contributed by atoms with Crippen molar-refractivity contribution in [2.24, 2.45) is 0 Å². The Morgan fingerprint density at radius 2 is 1.94 bits per heavy atom.